The maximum atomic E-state index is 11.1. The number of aliphatic hydroxyl groups is 1. The predicted molar refractivity (Wildman–Crippen MR) is 50.1 cm³/mol. The van der Waals surface area contributed by atoms with E-state index in [0.29, 0.717) is 6.61 Å². The minimum absolute atomic E-state index is 0.0133. The first-order chi connectivity index (χ1) is 6.04. The lowest BCUT2D eigenvalue weighted by atomic mass is 9.96. The normalized spacial score (nSPS) is 17.6. The van der Waals surface area contributed by atoms with Gasteiger partial charge in [-0.25, -0.2) is 0 Å². The van der Waals surface area contributed by atoms with Crippen LogP contribution >= 0.6 is 0 Å². The van der Waals surface area contributed by atoms with Gasteiger partial charge in [0.2, 0.25) is 0 Å². The molecule has 0 aromatic rings. The van der Waals surface area contributed by atoms with Crippen LogP contribution in [0.3, 0.4) is 0 Å². The lowest BCUT2D eigenvalue weighted by Crippen LogP contribution is -2.46. The van der Waals surface area contributed by atoms with Crippen molar-refractivity contribution in [1.29, 1.82) is 0 Å². The molecule has 3 atom stereocenters. The summed E-state index contributed by atoms with van der Waals surface area (Å²) in [6.07, 6.45) is -0.0297. The van der Waals surface area contributed by atoms with Crippen LogP contribution in [0.1, 0.15) is 27.2 Å². The number of carbonyl (C=O) groups excluding carboxylic acids is 1. The number of nitrogens with two attached hydrogens (primary N) is 1. The second-order valence-electron chi connectivity index (χ2n) is 3.15. The Kier molecular flexibility index (Phi) is 5.66. The molecule has 3 N–H and O–H groups in total. The summed E-state index contributed by atoms with van der Waals surface area (Å²) >= 11 is 0. The molecule has 0 amide bonds. The van der Waals surface area contributed by atoms with Crippen molar-refractivity contribution in [2.24, 2.45) is 11.7 Å². The van der Waals surface area contributed by atoms with Gasteiger partial charge in [0, 0.05) is 0 Å². The Bertz CT molecular complexity index is 161. The van der Waals surface area contributed by atoms with Gasteiger partial charge in [-0.05, 0) is 12.8 Å². The summed E-state index contributed by atoms with van der Waals surface area (Å²) in [5.74, 6) is -0.519. The molecule has 0 saturated carbocycles. The average Bonchev–Trinajstić information content (AvgIpc) is 2.14. The van der Waals surface area contributed by atoms with Gasteiger partial charge < -0.3 is 15.6 Å². The van der Waals surface area contributed by atoms with Gasteiger partial charge in [0.25, 0.3) is 0 Å². The van der Waals surface area contributed by atoms with Crippen LogP contribution in [-0.4, -0.2) is 29.8 Å². The van der Waals surface area contributed by atoms with Crippen LogP contribution < -0.4 is 5.73 Å². The summed E-state index contributed by atoms with van der Waals surface area (Å²) < 4.78 is 4.70. The van der Waals surface area contributed by atoms with E-state index in [9.17, 15) is 9.90 Å². The Morgan fingerprint density at radius 1 is 1.54 bits per heavy atom. The van der Waals surface area contributed by atoms with Crippen LogP contribution in [0.25, 0.3) is 0 Å². The second-order valence-corrected chi connectivity index (χ2v) is 3.15. The highest BCUT2D eigenvalue weighted by atomic mass is 16.5. The molecule has 3 unspecified atom stereocenters. The Labute approximate surface area is 79.1 Å². The first-order valence-corrected chi connectivity index (χ1v) is 4.64. The number of carbonyl (C=O) groups is 1. The third-order valence-electron chi connectivity index (χ3n) is 2.15. The minimum Gasteiger partial charge on any atom is -0.465 e. The van der Waals surface area contributed by atoms with E-state index < -0.39 is 18.1 Å². The number of hydrogen-bond donors (Lipinski definition) is 2. The molecule has 0 fully saturated rings. The van der Waals surface area contributed by atoms with E-state index in [-0.39, 0.29) is 5.92 Å². The molecule has 0 aliphatic heterocycles. The van der Waals surface area contributed by atoms with Gasteiger partial charge in [-0.1, -0.05) is 20.3 Å². The number of hydrogen-bond acceptors (Lipinski definition) is 4. The highest BCUT2D eigenvalue weighted by molar-refractivity contribution is 5.76. The fourth-order valence-corrected chi connectivity index (χ4v) is 0.973. The molecule has 4 nitrogen and oxygen atoms in total. The molecule has 0 aliphatic rings. The molecule has 13 heavy (non-hydrogen) atoms. The molecular formula is C9H19NO3. The van der Waals surface area contributed by atoms with E-state index in [1.54, 1.807) is 6.92 Å². The van der Waals surface area contributed by atoms with E-state index in [4.69, 9.17) is 10.5 Å². The number of ether oxygens (including phenoxy) is 1. The predicted octanol–water partition coefficient (Wildman–Crippen LogP) is 0.284. The second kappa shape index (κ2) is 5.94. The third-order valence-corrected chi connectivity index (χ3v) is 2.15. The van der Waals surface area contributed by atoms with Gasteiger partial charge in [0.15, 0.2) is 0 Å². The van der Waals surface area contributed by atoms with E-state index in [0.717, 1.165) is 6.42 Å². The van der Waals surface area contributed by atoms with Crippen molar-refractivity contribution in [3.05, 3.63) is 0 Å². The van der Waals surface area contributed by atoms with Crippen molar-refractivity contribution in [3.63, 3.8) is 0 Å². The fraction of sp³-hybridized carbons (Fsp3) is 0.889. The molecule has 0 aliphatic carbocycles. The van der Waals surface area contributed by atoms with Gasteiger partial charge in [-0.3, -0.25) is 4.79 Å². The average molecular weight is 189 g/mol. The van der Waals surface area contributed by atoms with Gasteiger partial charge >= 0.3 is 5.97 Å². The molecule has 0 saturated heterocycles. The zero-order valence-corrected chi connectivity index (χ0v) is 8.49. The van der Waals surface area contributed by atoms with Gasteiger partial charge in [0.1, 0.15) is 6.04 Å². The zero-order valence-electron chi connectivity index (χ0n) is 8.49. The summed E-state index contributed by atoms with van der Waals surface area (Å²) in [6, 6.07) is -0.921. The summed E-state index contributed by atoms with van der Waals surface area (Å²) in [5, 5.41) is 9.56. The summed E-state index contributed by atoms with van der Waals surface area (Å²) in [6.45, 7) is 5.79. The van der Waals surface area contributed by atoms with Crippen molar-refractivity contribution < 1.29 is 14.6 Å². The van der Waals surface area contributed by atoms with Crippen molar-refractivity contribution in [1.82, 2.24) is 0 Å². The quantitative estimate of drug-likeness (QED) is 0.609. The lowest BCUT2D eigenvalue weighted by Gasteiger charge is -2.22. The number of rotatable bonds is 5. The SMILES string of the molecule is CCOC(=O)C(N)C(O)C(C)CC. The van der Waals surface area contributed by atoms with Gasteiger partial charge in [-0.15, -0.1) is 0 Å². The van der Waals surface area contributed by atoms with Crippen molar-refractivity contribution in [2.75, 3.05) is 6.61 Å². The van der Waals surface area contributed by atoms with E-state index >= 15 is 0 Å². The van der Waals surface area contributed by atoms with Crippen molar-refractivity contribution >= 4 is 5.97 Å². The highest BCUT2D eigenvalue weighted by Crippen LogP contribution is 2.10. The molecule has 0 radical (unpaired) electrons. The molecule has 0 heterocycles. The number of esters is 1. The summed E-state index contributed by atoms with van der Waals surface area (Å²) in [5.41, 5.74) is 5.50. The molecule has 4 heteroatoms. The third kappa shape index (κ3) is 3.74. The maximum Gasteiger partial charge on any atom is 0.325 e. The van der Waals surface area contributed by atoms with Crippen LogP contribution in [0, 0.1) is 5.92 Å². The molecule has 0 rings (SSSR count). The van der Waals surface area contributed by atoms with Gasteiger partial charge in [-0.2, -0.15) is 0 Å². The maximum absolute atomic E-state index is 11.1. The van der Waals surface area contributed by atoms with E-state index in [1.165, 1.54) is 0 Å². The van der Waals surface area contributed by atoms with Gasteiger partial charge in [0.05, 0.1) is 12.7 Å². The molecular weight excluding hydrogens is 170 g/mol. The molecule has 0 bridgehead atoms. The molecule has 0 aromatic heterocycles. The summed E-state index contributed by atoms with van der Waals surface area (Å²) in [4.78, 5) is 11.1. The number of aliphatic hydroxyl groups excluding tert-OH is 1. The van der Waals surface area contributed by atoms with Crippen LogP contribution in [-0.2, 0) is 9.53 Å². The lowest BCUT2D eigenvalue weighted by molar-refractivity contribution is -0.148. The molecule has 78 valence electrons. The first kappa shape index (κ1) is 12.4. The highest BCUT2D eigenvalue weighted by Gasteiger charge is 2.27. The Hall–Kier alpha value is -0.610. The van der Waals surface area contributed by atoms with E-state index in [1.807, 2.05) is 13.8 Å². The van der Waals surface area contributed by atoms with Crippen molar-refractivity contribution in [2.45, 2.75) is 39.3 Å². The van der Waals surface area contributed by atoms with Crippen molar-refractivity contribution in [3.8, 4) is 0 Å². The van der Waals surface area contributed by atoms with Crippen LogP contribution in [0.2, 0.25) is 0 Å². The zero-order chi connectivity index (χ0) is 10.4. The fourth-order valence-electron chi connectivity index (χ4n) is 0.973. The standard InChI is InChI=1S/C9H19NO3/c1-4-6(3)8(11)7(10)9(12)13-5-2/h6-8,11H,4-5,10H2,1-3H3. The Balaban J connectivity index is 4.07. The topological polar surface area (TPSA) is 72.5 Å². The minimum atomic E-state index is -0.921. The van der Waals surface area contributed by atoms with E-state index in [2.05, 4.69) is 0 Å². The monoisotopic (exact) mass is 189 g/mol. The van der Waals surface area contributed by atoms with Crippen LogP contribution in [0.4, 0.5) is 0 Å². The van der Waals surface area contributed by atoms with Crippen LogP contribution in [0.5, 0.6) is 0 Å². The Morgan fingerprint density at radius 2 is 2.08 bits per heavy atom. The smallest absolute Gasteiger partial charge is 0.325 e. The molecule has 0 spiro atoms. The Morgan fingerprint density at radius 3 is 2.46 bits per heavy atom. The first-order valence-electron chi connectivity index (χ1n) is 4.64. The summed E-state index contributed by atoms with van der Waals surface area (Å²) in [7, 11) is 0. The molecule has 0 aromatic carbocycles. The largest absolute Gasteiger partial charge is 0.465 e. The van der Waals surface area contributed by atoms with Crippen LogP contribution in [0.15, 0.2) is 0 Å².